The van der Waals surface area contributed by atoms with Gasteiger partial charge in [-0.3, -0.25) is 9.67 Å². The first kappa shape index (κ1) is 11.3. The lowest BCUT2D eigenvalue weighted by molar-refractivity contribution is -0.0104. The topological polar surface area (TPSA) is 39.9 Å². The Morgan fingerprint density at radius 1 is 1.33 bits per heavy atom. The van der Waals surface area contributed by atoms with E-state index in [1.54, 1.807) is 6.07 Å². The first-order valence-corrected chi connectivity index (χ1v) is 5.97. The summed E-state index contributed by atoms with van der Waals surface area (Å²) in [4.78, 5) is 4.04. The highest BCUT2D eigenvalue weighted by Crippen LogP contribution is 2.27. The highest BCUT2D eigenvalue weighted by Gasteiger charge is 2.25. The number of aromatic nitrogens is 3. The largest absolute Gasteiger partial charge is 0.370 e. The smallest absolute Gasteiger partial charge is 0.141 e. The van der Waals surface area contributed by atoms with Gasteiger partial charge in [0.1, 0.15) is 11.5 Å². The van der Waals surface area contributed by atoms with Crippen LogP contribution in [0.25, 0.3) is 11.4 Å². The quantitative estimate of drug-likeness (QED) is 0.777. The van der Waals surface area contributed by atoms with Gasteiger partial charge in [0, 0.05) is 0 Å². The van der Waals surface area contributed by atoms with Crippen LogP contribution in [-0.2, 0) is 11.3 Å². The molecule has 3 heterocycles. The second-order valence-electron chi connectivity index (χ2n) is 4.58. The number of pyridine rings is 1. The van der Waals surface area contributed by atoms with Gasteiger partial charge < -0.3 is 4.74 Å². The molecule has 0 amide bonds. The van der Waals surface area contributed by atoms with E-state index in [2.05, 4.69) is 17.0 Å². The summed E-state index contributed by atoms with van der Waals surface area (Å²) in [6.07, 6.45) is 1.35. The van der Waals surface area contributed by atoms with Gasteiger partial charge in [-0.25, -0.2) is 4.39 Å². The van der Waals surface area contributed by atoms with Gasteiger partial charge in [0.15, 0.2) is 0 Å². The van der Waals surface area contributed by atoms with Crippen LogP contribution in [0, 0.1) is 5.82 Å². The first-order chi connectivity index (χ1) is 8.65. The van der Waals surface area contributed by atoms with E-state index in [0.717, 1.165) is 11.4 Å². The molecule has 3 rings (SSSR count). The Balaban J connectivity index is 2.00. The van der Waals surface area contributed by atoms with Crippen molar-refractivity contribution in [2.24, 2.45) is 0 Å². The van der Waals surface area contributed by atoms with E-state index in [0.29, 0.717) is 12.3 Å². The normalized spacial score (nSPS) is 22.8. The minimum atomic E-state index is -0.340. The fraction of sp³-hybridized carbons (Fsp3) is 0.385. The van der Waals surface area contributed by atoms with E-state index in [-0.39, 0.29) is 18.0 Å². The molecule has 0 unspecified atom stereocenters. The SMILES string of the molecule is C[C@@H]1OCc2cc(-c3ccc(F)cn3)nn2[C@H]1C. The maximum Gasteiger partial charge on any atom is 0.141 e. The highest BCUT2D eigenvalue weighted by molar-refractivity contribution is 5.54. The van der Waals surface area contributed by atoms with Gasteiger partial charge in [0.05, 0.1) is 36.3 Å². The van der Waals surface area contributed by atoms with E-state index in [4.69, 9.17) is 4.74 Å². The fourth-order valence-corrected chi connectivity index (χ4v) is 2.10. The van der Waals surface area contributed by atoms with Crippen molar-refractivity contribution in [3.05, 3.63) is 35.9 Å². The lowest BCUT2D eigenvalue weighted by Gasteiger charge is -2.27. The minimum Gasteiger partial charge on any atom is -0.370 e. The van der Waals surface area contributed by atoms with Gasteiger partial charge in [-0.15, -0.1) is 0 Å². The third kappa shape index (κ3) is 1.80. The number of hydrogen-bond donors (Lipinski definition) is 0. The van der Waals surface area contributed by atoms with Crippen molar-refractivity contribution >= 4 is 0 Å². The molecule has 4 nitrogen and oxygen atoms in total. The molecular formula is C13H14FN3O. The Morgan fingerprint density at radius 3 is 2.89 bits per heavy atom. The zero-order valence-corrected chi connectivity index (χ0v) is 10.3. The molecule has 0 saturated carbocycles. The highest BCUT2D eigenvalue weighted by atomic mass is 19.1. The molecule has 0 bridgehead atoms. The Hall–Kier alpha value is -1.75. The molecule has 2 aromatic heterocycles. The van der Waals surface area contributed by atoms with Crippen molar-refractivity contribution in [3.63, 3.8) is 0 Å². The molecule has 0 aromatic carbocycles. The van der Waals surface area contributed by atoms with Crippen molar-refractivity contribution in [2.75, 3.05) is 0 Å². The summed E-state index contributed by atoms with van der Waals surface area (Å²) in [5.74, 6) is -0.340. The van der Waals surface area contributed by atoms with E-state index in [1.807, 2.05) is 17.7 Å². The lowest BCUT2D eigenvalue weighted by Crippen LogP contribution is -2.29. The summed E-state index contributed by atoms with van der Waals surface area (Å²) >= 11 is 0. The summed E-state index contributed by atoms with van der Waals surface area (Å²) in [7, 11) is 0. The predicted molar refractivity (Wildman–Crippen MR) is 64.4 cm³/mol. The monoisotopic (exact) mass is 247 g/mol. The Morgan fingerprint density at radius 2 is 2.17 bits per heavy atom. The van der Waals surface area contributed by atoms with Crippen LogP contribution < -0.4 is 0 Å². The van der Waals surface area contributed by atoms with Crippen LogP contribution in [0.4, 0.5) is 4.39 Å². The van der Waals surface area contributed by atoms with Crippen molar-refractivity contribution in [1.82, 2.24) is 14.8 Å². The zero-order chi connectivity index (χ0) is 12.7. The maximum atomic E-state index is 12.8. The summed E-state index contributed by atoms with van der Waals surface area (Å²) in [6.45, 7) is 4.66. The van der Waals surface area contributed by atoms with Crippen LogP contribution in [0.2, 0.25) is 0 Å². The maximum absolute atomic E-state index is 12.8. The van der Waals surface area contributed by atoms with Gasteiger partial charge in [-0.05, 0) is 32.0 Å². The molecule has 1 aliphatic heterocycles. The number of nitrogens with zero attached hydrogens (tertiary/aromatic N) is 3. The average molecular weight is 247 g/mol. The molecule has 0 radical (unpaired) electrons. The van der Waals surface area contributed by atoms with Crippen LogP contribution in [0.1, 0.15) is 25.6 Å². The van der Waals surface area contributed by atoms with Crippen LogP contribution in [0.15, 0.2) is 24.4 Å². The van der Waals surface area contributed by atoms with Gasteiger partial charge in [0.2, 0.25) is 0 Å². The molecule has 0 spiro atoms. The molecule has 2 aromatic rings. The van der Waals surface area contributed by atoms with Crippen LogP contribution in [0.3, 0.4) is 0 Å². The molecule has 0 aliphatic carbocycles. The van der Waals surface area contributed by atoms with Crippen LogP contribution >= 0.6 is 0 Å². The molecule has 2 atom stereocenters. The number of fused-ring (bicyclic) bond motifs is 1. The molecule has 0 N–H and O–H groups in total. The molecule has 18 heavy (non-hydrogen) atoms. The van der Waals surface area contributed by atoms with Crippen LogP contribution in [0.5, 0.6) is 0 Å². The predicted octanol–water partition coefficient (Wildman–Crippen LogP) is 2.56. The molecule has 1 aliphatic rings. The summed E-state index contributed by atoms with van der Waals surface area (Å²) in [6, 6.07) is 5.17. The number of ether oxygens (including phenoxy) is 1. The van der Waals surface area contributed by atoms with Crippen molar-refractivity contribution < 1.29 is 9.13 Å². The Labute approximate surface area is 104 Å². The van der Waals surface area contributed by atoms with E-state index in [1.165, 1.54) is 12.3 Å². The molecular weight excluding hydrogens is 233 g/mol. The number of hydrogen-bond acceptors (Lipinski definition) is 3. The van der Waals surface area contributed by atoms with Crippen LogP contribution in [-0.4, -0.2) is 20.9 Å². The fourth-order valence-electron chi connectivity index (χ4n) is 2.10. The van der Waals surface area contributed by atoms with Gasteiger partial charge >= 0.3 is 0 Å². The molecule has 5 heteroatoms. The standard InChI is InChI=1S/C13H14FN3O/c1-8-9(2)18-7-11-5-13(16-17(8)11)12-4-3-10(14)6-15-12/h3-6,8-9H,7H2,1-2H3/t8-,9-/m0/s1. The average Bonchev–Trinajstić information content (AvgIpc) is 2.80. The van der Waals surface area contributed by atoms with Crippen molar-refractivity contribution in [2.45, 2.75) is 32.6 Å². The van der Waals surface area contributed by atoms with Gasteiger partial charge in [0.25, 0.3) is 0 Å². The zero-order valence-electron chi connectivity index (χ0n) is 10.3. The van der Waals surface area contributed by atoms with Crippen molar-refractivity contribution in [1.29, 1.82) is 0 Å². The Bertz CT molecular complexity index is 564. The summed E-state index contributed by atoms with van der Waals surface area (Å²) in [5, 5.41) is 4.53. The molecule has 0 saturated heterocycles. The summed E-state index contributed by atoms with van der Waals surface area (Å²) in [5.41, 5.74) is 2.47. The number of rotatable bonds is 1. The second kappa shape index (κ2) is 4.17. The second-order valence-corrected chi connectivity index (χ2v) is 4.58. The third-order valence-electron chi connectivity index (χ3n) is 3.36. The molecule has 94 valence electrons. The van der Waals surface area contributed by atoms with E-state index >= 15 is 0 Å². The van der Waals surface area contributed by atoms with E-state index in [9.17, 15) is 4.39 Å². The van der Waals surface area contributed by atoms with E-state index < -0.39 is 0 Å². The number of halogens is 1. The minimum absolute atomic E-state index is 0.145. The Kier molecular flexibility index (Phi) is 2.63. The third-order valence-corrected chi connectivity index (χ3v) is 3.36. The first-order valence-electron chi connectivity index (χ1n) is 5.97. The lowest BCUT2D eigenvalue weighted by atomic mass is 10.2. The molecule has 0 fully saturated rings. The van der Waals surface area contributed by atoms with Gasteiger partial charge in [-0.1, -0.05) is 0 Å². The summed E-state index contributed by atoms with van der Waals surface area (Å²) < 4.78 is 20.4. The van der Waals surface area contributed by atoms with Crippen molar-refractivity contribution in [3.8, 4) is 11.4 Å². The van der Waals surface area contributed by atoms with Gasteiger partial charge in [-0.2, -0.15) is 5.10 Å².